The molecule has 1 saturated heterocycles. The second kappa shape index (κ2) is 5.37. The van der Waals surface area contributed by atoms with Crippen LogP contribution in [0.5, 0.6) is 0 Å². The van der Waals surface area contributed by atoms with Crippen molar-refractivity contribution in [1.29, 1.82) is 0 Å². The predicted molar refractivity (Wildman–Crippen MR) is 75.1 cm³/mol. The molecule has 110 valence electrons. The summed E-state index contributed by atoms with van der Waals surface area (Å²) in [5, 5.41) is 16.2. The maximum atomic E-state index is 11.3. The van der Waals surface area contributed by atoms with Gasteiger partial charge in [0.05, 0.1) is 9.82 Å². The van der Waals surface area contributed by atoms with Gasteiger partial charge in [0.2, 0.25) is 10.0 Å². The van der Waals surface area contributed by atoms with Crippen LogP contribution in [0.4, 0.5) is 11.4 Å². The number of anilines is 1. The summed E-state index contributed by atoms with van der Waals surface area (Å²) < 4.78 is 22.6. The molecule has 7 nitrogen and oxygen atoms in total. The summed E-state index contributed by atoms with van der Waals surface area (Å²) in [6.07, 6.45) is 3.03. The molecule has 0 spiro atoms. The normalized spacial score (nSPS) is 19.9. The molecule has 2 rings (SSSR count). The minimum Gasteiger partial charge on any atom is -0.363 e. The van der Waals surface area contributed by atoms with E-state index in [4.69, 9.17) is 5.14 Å². The van der Waals surface area contributed by atoms with Crippen molar-refractivity contribution in [2.45, 2.75) is 37.1 Å². The minimum atomic E-state index is -3.94. The number of benzene rings is 1. The van der Waals surface area contributed by atoms with Crippen LogP contribution >= 0.6 is 0 Å². The van der Waals surface area contributed by atoms with E-state index in [9.17, 15) is 18.5 Å². The first-order valence-corrected chi connectivity index (χ1v) is 7.93. The summed E-state index contributed by atoms with van der Waals surface area (Å²) in [6, 6.07) is 4.02. The highest BCUT2D eigenvalue weighted by atomic mass is 32.2. The predicted octanol–water partition coefficient (Wildman–Crippen LogP) is 1.62. The Labute approximate surface area is 117 Å². The van der Waals surface area contributed by atoms with Crippen molar-refractivity contribution in [3.8, 4) is 0 Å². The highest BCUT2D eigenvalue weighted by Crippen LogP contribution is 2.34. The molecule has 1 aromatic rings. The molecule has 0 bridgehead atoms. The van der Waals surface area contributed by atoms with E-state index in [1.165, 1.54) is 12.1 Å². The molecule has 1 fully saturated rings. The van der Waals surface area contributed by atoms with Crippen molar-refractivity contribution in [1.82, 2.24) is 0 Å². The van der Waals surface area contributed by atoms with Crippen LogP contribution < -0.4 is 10.0 Å². The van der Waals surface area contributed by atoms with Crippen molar-refractivity contribution in [3.63, 3.8) is 0 Å². The van der Waals surface area contributed by atoms with E-state index < -0.39 is 14.9 Å². The van der Waals surface area contributed by atoms with Gasteiger partial charge in [0.15, 0.2) is 0 Å². The quantitative estimate of drug-likeness (QED) is 0.674. The molecule has 8 heteroatoms. The number of hydrogen-bond acceptors (Lipinski definition) is 5. The van der Waals surface area contributed by atoms with Crippen molar-refractivity contribution >= 4 is 21.4 Å². The standard InChI is InChI=1S/C12H17N3O4S/c1-9-4-2-3-7-14(9)11-6-5-10(20(13,18)19)8-12(11)15(16)17/h5-6,8-9H,2-4,7H2,1H3,(H2,13,18,19)/t9-/m1/s1. The van der Waals surface area contributed by atoms with Crippen LogP contribution in [-0.2, 0) is 10.0 Å². The number of primary sulfonamides is 1. The van der Waals surface area contributed by atoms with Gasteiger partial charge in [0, 0.05) is 18.7 Å². The SMILES string of the molecule is C[C@@H]1CCCCN1c1ccc(S(N)(=O)=O)cc1[N+](=O)[O-]. The number of nitrogens with two attached hydrogens (primary N) is 1. The van der Waals surface area contributed by atoms with Crippen LogP contribution in [0.25, 0.3) is 0 Å². The Balaban J connectivity index is 2.50. The van der Waals surface area contributed by atoms with Crippen LogP contribution in [0.3, 0.4) is 0 Å². The molecular weight excluding hydrogens is 282 g/mol. The molecule has 1 aliphatic heterocycles. The summed E-state index contributed by atoms with van der Waals surface area (Å²) in [4.78, 5) is 12.3. The Bertz CT molecular complexity index is 630. The van der Waals surface area contributed by atoms with Gasteiger partial charge in [-0.25, -0.2) is 13.6 Å². The molecule has 0 aliphatic carbocycles. The first-order valence-electron chi connectivity index (χ1n) is 6.38. The Kier molecular flexibility index (Phi) is 3.96. The second-order valence-corrected chi connectivity index (χ2v) is 6.55. The number of nitro groups is 1. The maximum Gasteiger partial charge on any atom is 0.293 e. The van der Waals surface area contributed by atoms with E-state index in [0.29, 0.717) is 5.69 Å². The van der Waals surface area contributed by atoms with E-state index in [1.807, 2.05) is 11.8 Å². The topological polar surface area (TPSA) is 107 Å². The number of rotatable bonds is 3. The van der Waals surface area contributed by atoms with Gasteiger partial charge in [-0.3, -0.25) is 10.1 Å². The van der Waals surface area contributed by atoms with Crippen LogP contribution in [0, 0.1) is 10.1 Å². The lowest BCUT2D eigenvalue weighted by molar-refractivity contribution is -0.384. The van der Waals surface area contributed by atoms with Crippen molar-refractivity contribution in [2.75, 3.05) is 11.4 Å². The smallest absolute Gasteiger partial charge is 0.293 e. The first-order chi connectivity index (χ1) is 9.30. The van der Waals surface area contributed by atoms with Crippen LogP contribution in [0.1, 0.15) is 26.2 Å². The first kappa shape index (κ1) is 14.7. The third kappa shape index (κ3) is 2.91. The minimum absolute atomic E-state index is 0.197. The zero-order chi connectivity index (χ0) is 14.9. The molecule has 0 unspecified atom stereocenters. The fourth-order valence-electron chi connectivity index (χ4n) is 2.53. The largest absolute Gasteiger partial charge is 0.363 e. The van der Waals surface area contributed by atoms with Gasteiger partial charge in [0.25, 0.3) is 5.69 Å². The van der Waals surface area contributed by atoms with Gasteiger partial charge < -0.3 is 4.90 Å². The number of nitro benzene ring substituents is 1. The van der Waals surface area contributed by atoms with Gasteiger partial charge >= 0.3 is 0 Å². The summed E-state index contributed by atoms with van der Waals surface area (Å²) in [6.45, 7) is 2.74. The highest BCUT2D eigenvalue weighted by molar-refractivity contribution is 7.89. The molecule has 0 aromatic heterocycles. The average molecular weight is 299 g/mol. The third-order valence-electron chi connectivity index (χ3n) is 3.58. The zero-order valence-corrected chi connectivity index (χ0v) is 12.0. The van der Waals surface area contributed by atoms with Crippen LogP contribution in [0.2, 0.25) is 0 Å². The van der Waals surface area contributed by atoms with Crippen molar-refractivity contribution < 1.29 is 13.3 Å². The van der Waals surface area contributed by atoms with E-state index >= 15 is 0 Å². The fourth-order valence-corrected chi connectivity index (χ4v) is 3.06. The lowest BCUT2D eigenvalue weighted by Crippen LogP contribution is -2.37. The third-order valence-corrected chi connectivity index (χ3v) is 4.50. The molecule has 20 heavy (non-hydrogen) atoms. The van der Waals surface area contributed by atoms with E-state index in [-0.39, 0.29) is 16.6 Å². The summed E-state index contributed by atoms with van der Waals surface area (Å²) >= 11 is 0. The Morgan fingerprint density at radius 2 is 2.10 bits per heavy atom. The van der Waals surface area contributed by atoms with E-state index in [0.717, 1.165) is 31.9 Å². The lowest BCUT2D eigenvalue weighted by Gasteiger charge is -2.35. The van der Waals surface area contributed by atoms with Gasteiger partial charge in [-0.1, -0.05) is 0 Å². The van der Waals surface area contributed by atoms with Gasteiger partial charge in [0.1, 0.15) is 5.69 Å². The number of hydrogen-bond donors (Lipinski definition) is 1. The number of sulfonamides is 1. The molecular formula is C12H17N3O4S. The molecule has 1 heterocycles. The Morgan fingerprint density at radius 1 is 1.40 bits per heavy atom. The summed E-state index contributed by atoms with van der Waals surface area (Å²) in [5.74, 6) is 0. The molecule has 0 saturated carbocycles. The van der Waals surface area contributed by atoms with E-state index in [2.05, 4.69) is 0 Å². The molecule has 1 atom stereocenters. The monoisotopic (exact) mass is 299 g/mol. The van der Waals surface area contributed by atoms with Gasteiger partial charge in [-0.2, -0.15) is 0 Å². The Hall–Kier alpha value is -1.67. The maximum absolute atomic E-state index is 11.3. The van der Waals surface area contributed by atoms with Crippen molar-refractivity contribution in [2.24, 2.45) is 5.14 Å². The van der Waals surface area contributed by atoms with Crippen LogP contribution in [-0.4, -0.2) is 25.9 Å². The number of piperidine rings is 1. The van der Waals surface area contributed by atoms with Crippen LogP contribution in [0.15, 0.2) is 23.1 Å². The van der Waals surface area contributed by atoms with Gasteiger partial charge in [-0.05, 0) is 38.3 Å². The fraction of sp³-hybridized carbons (Fsp3) is 0.500. The second-order valence-electron chi connectivity index (χ2n) is 4.99. The van der Waals surface area contributed by atoms with Gasteiger partial charge in [-0.15, -0.1) is 0 Å². The molecule has 0 amide bonds. The number of nitrogens with zero attached hydrogens (tertiary/aromatic N) is 2. The van der Waals surface area contributed by atoms with Crippen molar-refractivity contribution in [3.05, 3.63) is 28.3 Å². The molecule has 1 aliphatic rings. The lowest BCUT2D eigenvalue weighted by atomic mass is 10.0. The molecule has 0 radical (unpaired) electrons. The summed E-state index contributed by atoms with van der Waals surface area (Å²) in [5.41, 5.74) is 0.236. The highest BCUT2D eigenvalue weighted by Gasteiger charge is 2.27. The van der Waals surface area contributed by atoms with E-state index in [1.54, 1.807) is 0 Å². The Morgan fingerprint density at radius 3 is 2.65 bits per heavy atom. The zero-order valence-electron chi connectivity index (χ0n) is 11.2. The molecule has 2 N–H and O–H groups in total. The average Bonchev–Trinajstić information content (AvgIpc) is 2.37. The summed E-state index contributed by atoms with van der Waals surface area (Å²) in [7, 11) is -3.94. The molecule has 1 aromatic carbocycles.